The number of nitrogens with one attached hydrogen (secondary N) is 2. The van der Waals surface area contributed by atoms with Crippen LogP contribution in [0.25, 0.3) is 0 Å². The summed E-state index contributed by atoms with van der Waals surface area (Å²) in [7, 11) is 1.65. The van der Waals surface area contributed by atoms with Gasteiger partial charge in [0.25, 0.3) is 0 Å². The van der Waals surface area contributed by atoms with E-state index in [2.05, 4.69) is 25.8 Å². The Bertz CT molecular complexity index is 843. The molecule has 0 unspecified atom stereocenters. The summed E-state index contributed by atoms with van der Waals surface area (Å²) >= 11 is 0. The Morgan fingerprint density at radius 3 is 2.84 bits per heavy atom. The van der Waals surface area contributed by atoms with Crippen LogP contribution < -0.4 is 15.4 Å². The predicted molar refractivity (Wildman–Crippen MR) is 94.7 cm³/mol. The second-order valence-corrected chi connectivity index (χ2v) is 5.33. The van der Waals surface area contributed by atoms with Crippen molar-refractivity contribution in [3.63, 3.8) is 0 Å². The van der Waals surface area contributed by atoms with Crippen LogP contribution >= 0.6 is 0 Å². The Morgan fingerprint density at radius 1 is 1.12 bits per heavy atom. The van der Waals surface area contributed by atoms with Gasteiger partial charge in [0.05, 0.1) is 13.3 Å². The van der Waals surface area contributed by atoms with Gasteiger partial charge in [-0.3, -0.25) is 0 Å². The topological polar surface area (TPSA) is 72.0 Å². The molecule has 25 heavy (non-hydrogen) atoms. The average molecular weight is 339 g/mol. The summed E-state index contributed by atoms with van der Waals surface area (Å²) in [6, 6.07) is 14.0. The van der Waals surface area contributed by atoms with Crippen LogP contribution in [0.4, 0.5) is 21.8 Å². The molecule has 0 aliphatic rings. The van der Waals surface area contributed by atoms with E-state index < -0.39 is 0 Å². The zero-order chi connectivity index (χ0) is 17.5. The summed E-state index contributed by atoms with van der Waals surface area (Å²) in [5, 5.41) is 13.9. The van der Waals surface area contributed by atoms with Crippen LogP contribution in [-0.4, -0.2) is 28.8 Å². The van der Waals surface area contributed by atoms with Crippen LogP contribution in [0.3, 0.4) is 0 Å². The number of hydrogen-bond donors (Lipinski definition) is 2. The standard InChI is InChI=1S/C18H18FN5O/c1-25-16-7-2-4-13(10-16)8-9-20-17-12-21-24-18(23-17)22-15-6-3-5-14(19)11-15/h2-7,10-12H,8-9H2,1H3,(H2,20,22,23,24). The van der Waals surface area contributed by atoms with Crippen molar-refractivity contribution in [1.29, 1.82) is 0 Å². The largest absolute Gasteiger partial charge is 0.497 e. The van der Waals surface area contributed by atoms with Crippen LogP contribution in [0.1, 0.15) is 5.56 Å². The maximum atomic E-state index is 13.2. The zero-order valence-corrected chi connectivity index (χ0v) is 13.7. The molecule has 6 nitrogen and oxygen atoms in total. The molecule has 1 aromatic heterocycles. The molecule has 2 aromatic carbocycles. The Balaban J connectivity index is 1.58. The zero-order valence-electron chi connectivity index (χ0n) is 13.7. The molecule has 0 fully saturated rings. The lowest BCUT2D eigenvalue weighted by molar-refractivity contribution is 0.414. The SMILES string of the molecule is COc1cccc(CCNc2cnnc(Nc3cccc(F)c3)n2)c1. The van der Waals surface area contributed by atoms with Gasteiger partial charge in [-0.05, 0) is 42.3 Å². The Kier molecular flexibility index (Phi) is 5.36. The predicted octanol–water partition coefficient (Wildman–Crippen LogP) is 3.42. The lowest BCUT2D eigenvalue weighted by Gasteiger charge is -2.08. The fourth-order valence-electron chi connectivity index (χ4n) is 2.30. The molecular formula is C18H18FN5O. The summed E-state index contributed by atoms with van der Waals surface area (Å²) in [5.41, 5.74) is 1.72. The molecule has 2 N–H and O–H groups in total. The van der Waals surface area contributed by atoms with E-state index in [1.165, 1.54) is 12.1 Å². The van der Waals surface area contributed by atoms with E-state index in [9.17, 15) is 4.39 Å². The molecule has 7 heteroatoms. The van der Waals surface area contributed by atoms with Gasteiger partial charge in [0.15, 0.2) is 5.82 Å². The maximum absolute atomic E-state index is 13.2. The lowest BCUT2D eigenvalue weighted by Crippen LogP contribution is -2.09. The summed E-state index contributed by atoms with van der Waals surface area (Å²) in [4.78, 5) is 4.32. The Labute approximate surface area is 145 Å². The monoisotopic (exact) mass is 339 g/mol. The maximum Gasteiger partial charge on any atom is 0.249 e. The number of anilines is 3. The minimum Gasteiger partial charge on any atom is -0.497 e. The van der Waals surface area contributed by atoms with Gasteiger partial charge in [-0.25, -0.2) is 4.39 Å². The molecule has 1 heterocycles. The Morgan fingerprint density at radius 2 is 2.00 bits per heavy atom. The minimum absolute atomic E-state index is 0.303. The van der Waals surface area contributed by atoms with Crippen molar-refractivity contribution in [2.45, 2.75) is 6.42 Å². The van der Waals surface area contributed by atoms with Crippen molar-refractivity contribution < 1.29 is 9.13 Å². The van der Waals surface area contributed by atoms with Crippen molar-refractivity contribution in [3.8, 4) is 5.75 Å². The minimum atomic E-state index is -0.328. The fourth-order valence-corrected chi connectivity index (χ4v) is 2.30. The van der Waals surface area contributed by atoms with Crippen molar-refractivity contribution in [2.24, 2.45) is 0 Å². The lowest BCUT2D eigenvalue weighted by atomic mass is 10.1. The molecule has 0 atom stereocenters. The van der Waals surface area contributed by atoms with Crippen molar-refractivity contribution in [3.05, 3.63) is 66.1 Å². The number of nitrogens with zero attached hydrogens (tertiary/aromatic N) is 3. The molecule has 0 bridgehead atoms. The highest BCUT2D eigenvalue weighted by atomic mass is 19.1. The van der Waals surface area contributed by atoms with Crippen LogP contribution in [-0.2, 0) is 6.42 Å². The molecular weight excluding hydrogens is 321 g/mol. The fraction of sp³-hybridized carbons (Fsp3) is 0.167. The van der Waals surface area contributed by atoms with E-state index in [1.54, 1.807) is 25.4 Å². The summed E-state index contributed by atoms with van der Waals surface area (Å²) < 4.78 is 18.4. The van der Waals surface area contributed by atoms with Gasteiger partial charge in [-0.2, -0.15) is 10.1 Å². The first kappa shape index (κ1) is 16.6. The van der Waals surface area contributed by atoms with Crippen molar-refractivity contribution >= 4 is 17.5 Å². The van der Waals surface area contributed by atoms with Gasteiger partial charge in [-0.15, -0.1) is 5.10 Å². The molecule has 0 aliphatic carbocycles. The van der Waals surface area contributed by atoms with E-state index in [-0.39, 0.29) is 5.82 Å². The van der Waals surface area contributed by atoms with E-state index in [1.807, 2.05) is 24.3 Å². The summed E-state index contributed by atoms with van der Waals surface area (Å²) in [5.74, 6) is 1.40. The molecule has 0 amide bonds. The van der Waals surface area contributed by atoms with Crippen LogP contribution in [0.5, 0.6) is 5.75 Å². The molecule has 0 spiro atoms. The summed E-state index contributed by atoms with van der Waals surface area (Å²) in [6.45, 7) is 0.686. The third kappa shape index (κ3) is 4.87. The third-order valence-corrected chi connectivity index (χ3v) is 3.49. The second-order valence-electron chi connectivity index (χ2n) is 5.33. The number of halogens is 1. The van der Waals surface area contributed by atoms with Crippen LogP contribution in [0.15, 0.2) is 54.7 Å². The van der Waals surface area contributed by atoms with Crippen molar-refractivity contribution in [2.75, 3.05) is 24.3 Å². The van der Waals surface area contributed by atoms with Gasteiger partial charge in [0.1, 0.15) is 11.6 Å². The quantitative estimate of drug-likeness (QED) is 0.687. The number of hydrogen-bond acceptors (Lipinski definition) is 6. The number of aromatic nitrogens is 3. The number of benzene rings is 2. The van der Waals surface area contributed by atoms with Crippen LogP contribution in [0, 0.1) is 5.82 Å². The van der Waals surface area contributed by atoms with Gasteiger partial charge < -0.3 is 15.4 Å². The number of ether oxygens (including phenoxy) is 1. The molecule has 3 rings (SSSR count). The average Bonchev–Trinajstić information content (AvgIpc) is 2.62. The number of methoxy groups -OCH3 is 1. The first-order valence-corrected chi connectivity index (χ1v) is 7.82. The van der Waals surface area contributed by atoms with Crippen molar-refractivity contribution in [1.82, 2.24) is 15.2 Å². The first-order chi connectivity index (χ1) is 12.2. The van der Waals surface area contributed by atoms with E-state index >= 15 is 0 Å². The molecule has 0 saturated heterocycles. The smallest absolute Gasteiger partial charge is 0.249 e. The second kappa shape index (κ2) is 8.05. The van der Waals surface area contributed by atoms with E-state index in [4.69, 9.17) is 4.74 Å². The van der Waals surface area contributed by atoms with E-state index in [0.717, 1.165) is 17.7 Å². The highest BCUT2D eigenvalue weighted by Gasteiger charge is 2.03. The molecule has 3 aromatic rings. The van der Waals surface area contributed by atoms with Crippen LogP contribution in [0.2, 0.25) is 0 Å². The Hall–Kier alpha value is -3.22. The van der Waals surface area contributed by atoms with E-state index in [0.29, 0.717) is 24.0 Å². The third-order valence-electron chi connectivity index (χ3n) is 3.49. The molecule has 128 valence electrons. The number of rotatable bonds is 7. The molecule has 0 saturated carbocycles. The van der Waals surface area contributed by atoms with Gasteiger partial charge in [-0.1, -0.05) is 18.2 Å². The van der Waals surface area contributed by atoms with Gasteiger partial charge >= 0.3 is 0 Å². The normalized spacial score (nSPS) is 10.3. The molecule has 0 aliphatic heterocycles. The highest BCUT2D eigenvalue weighted by molar-refractivity contribution is 5.53. The van der Waals surface area contributed by atoms with Gasteiger partial charge in [0, 0.05) is 12.2 Å². The summed E-state index contributed by atoms with van der Waals surface area (Å²) in [6.07, 6.45) is 2.36. The first-order valence-electron chi connectivity index (χ1n) is 7.82. The highest BCUT2D eigenvalue weighted by Crippen LogP contribution is 2.15. The van der Waals surface area contributed by atoms with Gasteiger partial charge in [0.2, 0.25) is 5.95 Å². The molecule has 0 radical (unpaired) electrons.